The predicted octanol–water partition coefficient (Wildman–Crippen LogP) is 1.06. The van der Waals surface area contributed by atoms with Gasteiger partial charge in [0.25, 0.3) is 5.91 Å². The first-order valence-electron chi connectivity index (χ1n) is 8.71. The minimum atomic E-state index is -0.359. The fraction of sp³-hybridized carbons (Fsp3) is 0.500. The molecule has 4 rings (SSSR count). The lowest BCUT2D eigenvalue weighted by atomic mass is 9.76. The molecular formula is C18H22N4O3. The molecular weight excluding hydrogens is 320 g/mol. The summed E-state index contributed by atoms with van der Waals surface area (Å²) in [5.74, 6) is -0.303. The number of carbonyl (C=O) groups excluding carboxylic acids is 2. The number of carbonyl (C=O) groups is 2. The molecule has 2 aromatic heterocycles. The standard InChI is InChI=1S/C18H22N4O3/c1-12-2-7-22-15(8-12)14(11-21-22)16(23)20-10-13-9-18(17(24)25-13)3-5-19-6-4-18/h2,7-8,11,13,19H,3-6,9-10H2,1H3,(H,20,23). The number of nitrogens with zero attached hydrogens (tertiary/aromatic N) is 2. The smallest absolute Gasteiger partial charge is 0.312 e. The number of esters is 1. The summed E-state index contributed by atoms with van der Waals surface area (Å²) < 4.78 is 7.21. The Morgan fingerprint density at radius 2 is 2.28 bits per heavy atom. The van der Waals surface area contributed by atoms with E-state index in [1.807, 2.05) is 25.3 Å². The molecule has 7 nitrogen and oxygen atoms in total. The van der Waals surface area contributed by atoms with Crippen molar-refractivity contribution < 1.29 is 14.3 Å². The lowest BCUT2D eigenvalue weighted by molar-refractivity contribution is -0.149. The number of rotatable bonds is 3. The van der Waals surface area contributed by atoms with Crippen LogP contribution in [0.4, 0.5) is 0 Å². The lowest BCUT2D eigenvalue weighted by Crippen LogP contribution is -2.39. The second-order valence-electron chi connectivity index (χ2n) is 7.06. The van der Waals surface area contributed by atoms with Crippen molar-refractivity contribution in [1.29, 1.82) is 0 Å². The van der Waals surface area contributed by atoms with E-state index < -0.39 is 0 Å². The number of piperidine rings is 1. The molecule has 0 aliphatic carbocycles. The number of hydrogen-bond acceptors (Lipinski definition) is 5. The number of aromatic nitrogens is 2. The monoisotopic (exact) mass is 342 g/mol. The van der Waals surface area contributed by atoms with Crippen molar-refractivity contribution in [3.05, 3.63) is 35.7 Å². The molecule has 1 amide bonds. The summed E-state index contributed by atoms with van der Waals surface area (Å²) in [6.07, 6.45) is 5.45. The zero-order valence-corrected chi connectivity index (χ0v) is 14.2. The molecule has 2 fully saturated rings. The number of cyclic esters (lactones) is 1. The fourth-order valence-corrected chi connectivity index (χ4v) is 3.83. The van der Waals surface area contributed by atoms with Crippen molar-refractivity contribution in [2.75, 3.05) is 19.6 Å². The van der Waals surface area contributed by atoms with E-state index in [0.717, 1.165) is 37.0 Å². The normalized spacial score (nSPS) is 22.3. The third kappa shape index (κ3) is 2.89. The van der Waals surface area contributed by atoms with Gasteiger partial charge in [-0.05, 0) is 50.6 Å². The summed E-state index contributed by atoms with van der Waals surface area (Å²) in [7, 11) is 0. The van der Waals surface area contributed by atoms with Crippen LogP contribution < -0.4 is 10.6 Å². The van der Waals surface area contributed by atoms with E-state index >= 15 is 0 Å². The van der Waals surface area contributed by atoms with E-state index in [-0.39, 0.29) is 23.4 Å². The fourth-order valence-electron chi connectivity index (χ4n) is 3.83. The van der Waals surface area contributed by atoms with Gasteiger partial charge in [0.2, 0.25) is 0 Å². The summed E-state index contributed by atoms with van der Waals surface area (Å²) in [5, 5.41) is 10.4. The molecule has 1 atom stereocenters. The van der Waals surface area contributed by atoms with Gasteiger partial charge in [-0.25, -0.2) is 4.52 Å². The van der Waals surface area contributed by atoms with Gasteiger partial charge in [-0.2, -0.15) is 5.10 Å². The zero-order chi connectivity index (χ0) is 17.4. The maximum absolute atomic E-state index is 12.5. The summed E-state index contributed by atoms with van der Waals surface area (Å²) in [6.45, 7) is 4.00. The topological polar surface area (TPSA) is 84.7 Å². The van der Waals surface area contributed by atoms with Crippen molar-refractivity contribution in [2.24, 2.45) is 5.41 Å². The molecule has 0 aromatic carbocycles. The molecule has 2 saturated heterocycles. The Morgan fingerprint density at radius 3 is 3.08 bits per heavy atom. The van der Waals surface area contributed by atoms with Crippen LogP contribution in [0.5, 0.6) is 0 Å². The van der Waals surface area contributed by atoms with Gasteiger partial charge in [-0.1, -0.05) is 0 Å². The SMILES string of the molecule is Cc1ccn2ncc(C(=O)NCC3CC4(CCNCC4)C(=O)O3)c2c1. The van der Waals surface area contributed by atoms with Crippen molar-refractivity contribution >= 4 is 17.4 Å². The van der Waals surface area contributed by atoms with Crippen LogP contribution in [-0.2, 0) is 9.53 Å². The quantitative estimate of drug-likeness (QED) is 0.815. The van der Waals surface area contributed by atoms with Crippen LogP contribution in [0, 0.1) is 12.3 Å². The molecule has 1 unspecified atom stereocenters. The molecule has 1 spiro atoms. The van der Waals surface area contributed by atoms with Crippen LogP contribution >= 0.6 is 0 Å². The van der Waals surface area contributed by atoms with E-state index in [9.17, 15) is 9.59 Å². The number of ether oxygens (including phenoxy) is 1. The molecule has 7 heteroatoms. The number of fused-ring (bicyclic) bond motifs is 1. The summed E-state index contributed by atoms with van der Waals surface area (Å²) in [6, 6.07) is 3.87. The number of amides is 1. The summed E-state index contributed by atoms with van der Waals surface area (Å²) in [4.78, 5) is 24.8. The van der Waals surface area contributed by atoms with Gasteiger partial charge in [0.05, 0.1) is 29.2 Å². The molecule has 2 N–H and O–H groups in total. The Balaban J connectivity index is 1.42. The van der Waals surface area contributed by atoms with E-state index in [2.05, 4.69) is 15.7 Å². The highest BCUT2D eigenvalue weighted by atomic mass is 16.6. The Bertz CT molecular complexity index is 823. The zero-order valence-electron chi connectivity index (χ0n) is 14.2. The minimum absolute atomic E-state index is 0.111. The average molecular weight is 342 g/mol. The highest BCUT2D eigenvalue weighted by molar-refractivity contribution is 6.00. The molecule has 25 heavy (non-hydrogen) atoms. The van der Waals surface area contributed by atoms with Gasteiger partial charge < -0.3 is 15.4 Å². The Labute approximate surface area is 145 Å². The first-order chi connectivity index (χ1) is 12.1. The molecule has 4 heterocycles. The van der Waals surface area contributed by atoms with E-state index in [1.165, 1.54) is 0 Å². The Morgan fingerprint density at radius 1 is 1.48 bits per heavy atom. The van der Waals surface area contributed by atoms with Crippen LogP contribution in [0.2, 0.25) is 0 Å². The molecule has 132 valence electrons. The van der Waals surface area contributed by atoms with Crippen molar-refractivity contribution in [3.63, 3.8) is 0 Å². The highest BCUT2D eigenvalue weighted by Crippen LogP contribution is 2.41. The predicted molar refractivity (Wildman–Crippen MR) is 91.3 cm³/mol. The molecule has 0 saturated carbocycles. The van der Waals surface area contributed by atoms with Crippen molar-refractivity contribution in [3.8, 4) is 0 Å². The number of hydrogen-bond donors (Lipinski definition) is 2. The van der Waals surface area contributed by atoms with Crippen LogP contribution in [0.1, 0.15) is 35.2 Å². The lowest BCUT2D eigenvalue weighted by Gasteiger charge is -2.29. The van der Waals surface area contributed by atoms with Crippen LogP contribution in [0.3, 0.4) is 0 Å². The van der Waals surface area contributed by atoms with Gasteiger partial charge in [0, 0.05) is 12.6 Å². The largest absolute Gasteiger partial charge is 0.460 e. The Hall–Kier alpha value is -2.41. The average Bonchev–Trinajstić information content (AvgIpc) is 3.15. The van der Waals surface area contributed by atoms with Crippen LogP contribution in [0.25, 0.3) is 5.52 Å². The minimum Gasteiger partial charge on any atom is -0.460 e. The molecule has 2 aliphatic heterocycles. The van der Waals surface area contributed by atoms with Crippen LogP contribution in [-0.4, -0.2) is 47.2 Å². The molecule has 2 aromatic rings. The van der Waals surface area contributed by atoms with E-state index in [4.69, 9.17) is 4.74 Å². The first kappa shape index (κ1) is 16.1. The third-order valence-corrected chi connectivity index (χ3v) is 5.30. The maximum Gasteiger partial charge on any atom is 0.312 e. The second-order valence-corrected chi connectivity index (χ2v) is 7.06. The molecule has 0 bridgehead atoms. The van der Waals surface area contributed by atoms with Crippen molar-refractivity contribution in [2.45, 2.75) is 32.3 Å². The van der Waals surface area contributed by atoms with Gasteiger partial charge >= 0.3 is 5.97 Å². The maximum atomic E-state index is 12.5. The van der Waals surface area contributed by atoms with Gasteiger partial charge in [-0.3, -0.25) is 9.59 Å². The van der Waals surface area contributed by atoms with Gasteiger partial charge in [-0.15, -0.1) is 0 Å². The highest BCUT2D eigenvalue weighted by Gasteiger charge is 2.49. The second kappa shape index (κ2) is 6.15. The summed E-state index contributed by atoms with van der Waals surface area (Å²) >= 11 is 0. The van der Waals surface area contributed by atoms with Crippen molar-refractivity contribution in [1.82, 2.24) is 20.2 Å². The molecule has 2 aliphatic rings. The van der Waals surface area contributed by atoms with Crippen LogP contribution in [0.15, 0.2) is 24.5 Å². The number of nitrogens with one attached hydrogen (secondary N) is 2. The Kier molecular flexibility index (Phi) is 3.95. The molecule has 0 radical (unpaired) electrons. The van der Waals surface area contributed by atoms with Gasteiger partial charge in [0.15, 0.2) is 0 Å². The van der Waals surface area contributed by atoms with E-state index in [0.29, 0.717) is 18.5 Å². The van der Waals surface area contributed by atoms with E-state index in [1.54, 1.807) is 10.7 Å². The third-order valence-electron chi connectivity index (χ3n) is 5.30. The number of aryl methyl sites for hydroxylation is 1. The summed E-state index contributed by atoms with van der Waals surface area (Å²) in [5.41, 5.74) is 2.02. The first-order valence-corrected chi connectivity index (χ1v) is 8.71. The van der Waals surface area contributed by atoms with Gasteiger partial charge in [0.1, 0.15) is 6.10 Å². The number of pyridine rings is 1.